The topological polar surface area (TPSA) is 149 Å². The van der Waals surface area contributed by atoms with E-state index < -0.39 is 23.9 Å². The summed E-state index contributed by atoms with van der Waals surface area (Å²) < 4.78 is 0. The third-order valence-corrected chi connectivity index (χ3v) is 15.3. The first-order valence-electron chi connectivity index (χ1n) is 16.6. The van der Waals surface area contributed by atoms with Crippen molar-refractivity contribution < 1.29 is 39.6 Å². The van der Waals surface area contributed by atoms with Gasteiger partial charge in [0, 0.05) is 48.8 Å². The molecule has 0 radical (unpaired) electrons. The SMILES string of the molecule is CCc1cc(-c2ccc(-c3cc(CC(=O)O)c(-c4ccc(-c5sc(-c6ccc(-c7ccc(C(=O)O)c(C)c7)s6)cc5CC(=O)O)s4)s3)s2)ccc1C(=O)O. The van der Waals surface area contributed by atoms with Gasteiger partial charge in [-0.05, 0) is 120 Å². The summed E-state index contributed by atoms with van der Waals surface area (Å²) in [4.78, 5) is 56.3. The molecule has 0 aliphatic carbocycles. The highest BCUT2D eigenvalue weighted by Crippen LogP contribution is 2.49. The van der Waals surface area contributed by atoms with Crippen LogP contribution in [0.4, 0.5) is 0 Å². The third-order valence-electron chi connectivity index (χ3n) is 8.80. The van der Waals surface area contributed by atoms with E-state index in [1.807, 2.05) is 73.7 Å². The van der Waals surface area contributed by atoms with Crippen LogP contribution in [0.1, 0.15) is 49.9 Å². The normalized spacial score (nSPS) is 11.2. The van der Waals surface area contributed by atoms with Crippen molar-refractivity contribution in [1.29, 1.82) is 0 Å². The highest BCUT2D eigenvalue weighted by molar-refractivity contribution is 7.30. The average Bonchev–Trinajstić information content (AvgIpc) is 3.97. The molecule has 54 heavy (non-hydrogen) atoms. The molecule has 0 unspecified atom stereocenters. The highest BCUT2D eigenvalue weighted by Gasteiger charge is 2.22. The maximum atomic E-state index is 12.0. The Hall–Kier alpha value is -5.18. The molecule has 0 saturated carbocycles. The first kappa shape index (κ1) is 37.1. The fraction of sp³-hybridized carbons (Fsp3) is 0.122. The number of rotatable bonds is 13. The highest BCUT2D eigenvalue weighted by atomic mass is 32.1. The Morgan fingerprint density at radius 3 is 1.33 bits per heavy atom. The van der Waals surface area contributed by atoms with Crippen LogP contribution in [0, 0.1) is 6.92 Å². The van der Waals surface area contributed by atoms with Crippen LogP contribution < -0.4 is 0 Å². The van der Waals surface area contributed by atoms with Crippen LogP contribution in [-0.4, -0.2) is 44.3 Å². The monoisotopic (exact) mass is 810 g/mol. The molecular weight excluding hydrogens is 781 g/mol. The minimum atomic E-state index is -0.970. The Bertz CT molecular complexity index is 2590. The number of carboxylic acids is 4. The summed E-state index contributed by atoms with van der Waals surface area (Å²) >= 11 is 7.65. The zero-order valence-corrected chi connectivity index (χ0v) is 32.7. The van der Waals surface area contributed by atoms with E-state index in [1.165, 1.54) is 34.0 Å². The van der Waals surface area contributed by atoms with Gasteiger partial charge in [0.2, 0.25) is 0 Å². The van der Waals surface area contributed by atoms with Crippen LogP contribution in [0.5, 0.6) is 0 Å². The molecule has 7 aromatic rings. The van der Waals surface area contributed by atoms with E-state index in [0.717, 1.165) is 65.5 Å². The quantitative estimate of drug-likeness (QED) is 0.0899. The summed E-state index contributed by atoms with van der Waals surface area (Å²) in [7, 11) is 0. The molecule has 0 saturated heterocycles. The van der Waals surface area contributed by atoms with E-state index in [-0.39, 0.29) is 18.4 Å². The lowest BCUT2D eigenvalue weighted by atomic mass is 10.0. The van der Waals surface area contributed by atoms with E-state index in [0.29, 0.717) is 28.7 Å². The Morgan fingerprint density at radius 1 is 0.463 bits per heavy atom. The van der Waals surface area contributed by atoms with Gasteiger partial charge in [-0.25, -0.2) is 9.59 Å². The van der Waals surface area contributed by atoms with Crippen LogP contribution in [-0.2, 0) is 28.9 Å². The molecule has 4 N–H and O–H groups in total. The minimum Gasteiger partial charge on any atom is -0.481 e. The minimum absolute atomic E-state index is 0.152. The van der Waals surface area contributed by atoms with Gasteiger partial charge < -0.3 is 20.4 Å². The number of aryl methyl sites for hydroxylation is 2. The molecule has 272 valence electrons. The summed E-state index contributed by atoms with van der Waals surface area (Å²) in [6.45, 7) is 3.70. The van der Waals surface area contributed by atoms with Crippen molar-refractivity contribution >= 4 is 80.6 Å². The summed E-state index contributed by atoms with van der Waals surface area (Å²) in [5, 5.41) is 38.6. The number of aliphatic carboxylic acids is 2. The van der Waals surface area contributed by atoms with Gasteiger partial charge >= 0.3 is 23.9 Å². The zero-order chi connectivity index (χ0) is 38.3. The number of aromatic carboxylic acids is 2. The van der Waals surface area contributed by atoms with E-state index in [4.69, 9.17) is 0 Å². The number of hydrogen-bond donors (Lipinski definition) is 4. The van der Waals surface area contributed by atoms with Crippen LogP contribution >= 0.6 is 56.7 Å². The summed E-state index contributed by atoms with van der Waals surface area (Å²) in [6.07, 6.45) is 0.287. The Labute approximate surface area is 329 Å². The van der Waals surface area contributed by atoms with Crippen LogP contribution in [0.15, 0.2) is 84.9 Å². The molecule has 0 aliphatic heterocycles. The molecule has 5 aromatic heterocycles. The summed E-state index contributed by atoms with van der Waals surface area (Å²) in [5.41, 5.74) is 5.20. The predicted octanol–water partition coefficient (Wildman–Crippen LogP) is 11.5. The Morgan fingerprint density at radius 2 is 0.889 bits per heavy atom. The maximum absolute atomic E-state index is 12.0. The molecular formula is C41H30O8S5. The molecule has 0 amide bonds. The van der Waals surface area contributed by atoms with Crippen LogP contribution in [0.25, 0.3) is 59.9 Å². The molecule has 5 heterocycles. The van der Waals surface area contributed by atoms with E-state index in [1.54, 1.807) is 47.8 Å². The summed E-state index contributed by atoms with van der Waals surface area (Å²) in [5.74, 6) is -3.80. The molecule has 0 atom stereocenters. The van der Waals surface area contributed by atoms with Gasteiger partial charge in [-0.15, -0.1) is 56.7 Å². The second-order valence-corrected chi connectivity index (χ2v) is 17.8. The van der Waals surface area contributed by atoms with Crippen molar-refractivity contribution in [2.24, 2.45) is 0 Å². The maximum Gasteiger partial charge on any atom is 0.335 e. The molecule has 0 aliphatic rings. The molecule has 2 aromatic carbocycles. The number of carbonyl (C=O) groups is 4. The van der Waals surface area contributed by atoms with Crippen molar-refractivity contribution in [2.75, 3.05) is 0 Å². The van der Waals surface area contributed by atoms with Gasteiger partial charge in [0.15, 0.2) is 0 Å². The van der Waals surface area contributed by atoms with Gasteiger partial charge in [0.1, 0.15) is 0 Å². The fourth-order valence-corrected chi connectivity index (χ4v) is 12.1. The number of hydrogen-bond acceptors (Lipinski definition) is 9. The molecule has 0 fully saturated rings. The van der Waals surface area contributed by atoms with E-state index >= 15 is 0 Å². The standard InChI is InChI=1S/C41H30O8S5/c1-3-21-15-23(5-7-27(21)41(48)49)29-9-11-31(51-29)35-17-25(19-37(44)45)39(54-35)33-13-12-32(52-33)38-24(18-36(42)43)16-34(53-38)30-10-8-28(50-30)22-4-6-26(40(46)47)20(2)14-22/h4-17H,3,18-19H2,1-2H3,(H,42,43)(H,44,45)(H,46,47)(H,48,49). The van der Waals surface area contributed by atoms with Gasteiger partial charge in [0.25, 0.3) is 0 Å². The number of thiophene rings is 5. The van der Waals surface area contributed by atoms with Crippen molar-refractivity contribution in [2.45, 2.75) is 33.1 Å². The lowest BCUT2D eigenvalue weighted by molar-refractivity contribution is -0.137. The van der Waals surface area contributed by atoms with E-state index in [9.17, 15) is 39.6 Å². The second kappa shape index (κ2) is 15.3. The fourth-order valence-electron chi connectivity index (χ4n) is 6.24. The zero-order valence-electron chi connectivity index (χ0n) is 28.7. The van der Waals surface area contributed by atoms with Crippen molar-refractivity contribution in [3.05, 3.63) is 118 Å². The number of benzene rings is 2. The first-order chi connectivity index (χ1) is 25.9. The van der Waals surface area contributed by atoms with Gasteiger partial charge in [-0.2, -0.15) is 0 Å². The largest absolute Gasteiger partial charge is 0.481 e. The van der Waals surface area contributed by atoms with Crippen LogP contribution in [0.2, 0.25) is 0 Å². The lowest BCUT2D eigenvalue weighted by Crippen LogP contribution is -2.01. The third kappa shape index (κ3) is 7.59. The number of carboxylic acid groups (broad SMARTS) is 4. The molecule has 13 heteroatoms. The Kier molecular flexibility index (Phi) is 10.5. The smallest absolute Gasteiger partial charge is 0.335 e. The molecule has 7 rings (SSSR count). The van der Waals surface area contributed by atoms with Crippen LogP contribution in [0.3, 0.4) is 0 Å². The average molecular weight is 811 g/mol. The van der Waals surface area contributed by atoms with Crippen molar-refractivity contribution in [1.82, 2.24) is 0 Å². The van der Waals surface area contributed by atoms with Gasteiger partial charge in [0.05, 0.1) is 24.0 Å². The van der Waals surface area contributed by atoms with E-state index in [2.05, 4.69) is 0 Å². The molecule has 8 nitrogen and oxygen atoms in total. The lowest BCUT2D eigenvalue weighted by Gasteiger charge is -2.06. The molecule has 0 bridgehead atoms. The van der Waals surface area contributed by atoms with Crippen molar-refractivity contribution in [3.63, 3.8) is 0 Å². The first-order valence-corrected chi connectivity index (χ1v) is 20.7. The Balaban J connectivity index is 1.21. The van der Waals surface area contributed by atoms with Gasteiger partial charge in [-0.1, -0.05) is 19.1 Å². The molecule has 0 spiro atoms. The van der Waals surface area contributed by atoms with Crippen molar-refractivity contribution in [3.8, 4) is 59.9 Å². The van der Waals surface area contributed by atoms with Gasteiger partial charge in [-0.3, -0.25) is 9.59 Å². The second-order valence-electron chi connectivity index (χ2n) is 12.4. The summed E-state index contributed by atoms with van der Waals surface area (Å²) in [6, 6.07) is 26.4. The predicted molar refractivity (Wildman–Crippen MR) is 219 cm³/mol.